The number of halogens is 2. The van der Waals surface area contributed by atoms with Gasteiger partial charge in [0.25, 0.3) is 0 Å². The number of ether oxygens (including phenoxy) is 1. The van der Waals surface area contributed by atoms with E-state index in [1.807, 2.05) is 13.8 Å². The summed E-state index contributed by atoms with van der Waals surface area (Å²) in [7, 11) is 0. The molecule has 1 aromatic carbocycles. The van der Waals surface area contributed by atoms with E-state index >= 15 is 0 Å². The normalized spacial score (nSPS) is 17.0. The van der Waals surface area contributed by atoms with Crippen LogP contribution in [-0.2, 0) is 4.74 Å². The van der Waals surface area contributed by atoms with Gasteiger partial charge in [-0.2, -0.15) is 0 Å². The van der Waals surface area contributed by atoms with Crippen LogP contribution in [0.15, 0.2) is 18.2 Å². The Labute approximate surface area is 132 Å². The number of piperidine rings is 1. The fourth-order valence-electron chi connectivity index (χ4n) is 2.55. The summed E-state index contributed by atoms with van der Waals surface area (Å²) in [5, 5.41) is 3.29. The molecular formula is C15H19FINO2. The van der Waals surface area contributed by atoms with Crippen LogP contribution in [0.4, 0.5) is 4.39 Å². The molecule has 1 heterocycles. The molecule has 0 aliphatic carbocycles. The number of hydrogen-bond donors (Lipinski definition) is 1. The summed E-state index contributed by atoms with van der Waals surface area (Å²) in [6.07, 6.45) is 1.93. The van der Waals surface area contributed by atoms with Gasteiger partial charge >= 0.3 is 5.97 Å². The van der Waals surface area contributed by atoms with Gasteiger partial charge in [0.2, 0.25) is 0 Å². The second-order valence-corrected chi connectivity index (χ2v) is 6.89. The molecule has 5 heteroatoms. The first kappa shape index (κ1) is 15.7. The van der Waals surface area contributed by atoms with Gasteiger partial charge in [0.15, 0.2) is 0 Å². The van der Waals surface area contributed by atoms with Crippen LogP contribution in [0, 0.1) is 15.3 Å². The van der Waals surface area contributed by atoms with E-state index < -0.39 is 17.4 Å². The van der Waals surface area contributed by atoms with Crippen molar-refractivity contribution in [2.24, 2.45) is 5.92 Å². The van der Waals surface area contributed by atoms with Crippen molar-refractivity contribution >= 4 is 28.6 Å². The zero-order chi connectivity index (χ0) is 14.8. The zero-order valence-corrected chi connectivity index (χ0v) is 13.9. The van der Waals surface area contributed by atoms with Crippen molar-refractivity contribution in [2.45, 2.75) is 32.3 Å². The van der Waals surface area contributed by atoms with Crippen molar-refractivity contribution in [3.63, 3.8) is 0 Å². The molecule has 0 spiro atoms. The highest BCUT2D eigenvalue weighted by Crippen LogP contribution is 2.30. The minimum absolute atomic E-state index is 0.0129. The molecule has 1 aromatic rings. The number of hydrogen-bond acceptors (Lipinski definition) is 3. The Bertz CT molecular complexity index is 499. The molecule has 1 N–H and O–H groups in total. The molecule has 1 aliphatic rings. The molecule has 1 saturated heterocycles. The van der Waals surface area contributed by atoms with Crippen LogP contribution in [-0.4, -0.2) is 24.7 Å². The van der Waals surface area contributed by atoms with Gasteiger partial charge in [-0.1, -0.05) is 0 Å². The van der Waals surface area contributed by atoms with Crippen LogP contribution in [0.2, 0.25) is 0 Å². The van der Waals surface area contributed by atoms with E-state index in [1.165, 1.54) is 12.1 Å². The highest BCUT2D eigenvalue weighted by atomic mass is 127. The highest BCUT2D eigenvalue weighted by Gasteiger charge is 2.34. The Morgan fingerprint density at radius 1 is 1.40 bits per heavy atom. The lowest BCUT2D eigenvalue weighted by atomic mass is 9.83. The molecule has 0 radical (unpaired) electrons. The van der Waals surface area contributed by atoms with E-state index in [0.29, 0.717) is 5.92 Å². The fourth-order valence-corrected chi connectivity index (χ4v) is 3.04. The molecule has 1 aliphatic heterocycles. The minimum Gasteiger partial charge on any atom is -0.456 e. The van der Waals surface area contributed by atoms with Gasteiger partial charge in [0, 0.05) is 9.49 Å². The van der Waals surface area contributed by atoms with Crippen molar-refractivity contribution in [1.29, 1.82) is 0 Å². The predicted octanol–water partition coefficient (Wildman–Crippen LogP) is 3.37. The summed E-state index contributed by atoms with van der Waals surface area (Å²) < 4.78 is 20.1. The van der Waals surface area contributed by atoms with Gasteiger partial charge in [-0.3, -0.25) is 0 Å². The predicted molar refractivity (Wildman–Crippen MR) is 84.2 cm³/mol. The van der Waals surface area contributed by atoms with Gasteiger partial charge in [-0.15, -0.1) is 0 Å². The molecule has 1 fully saturated rings. The quantitative estimate of drug-likeness (QED) is 0.635. The van der Waals surface area contributed by atoms with E-state index in [-0.39, 0.29) is 5.56 Å². The summed E-state index contributed by atoms with van der Waals surface area (Å²) in [4.78, 5) is 12.2. The average Bonchev–Trinajstić information content (AvgIpc) is 2.42. The zero-order valence-electron chi connectivity index (χ0n) is 11.7. The van der Waals surface area contributed by atoms with E-state index in [9.17, 15) is 9.18 Å². The Hall–Kier alpha value is -0.690. The molecule has 0 unspecified atom stereocenters. The monoisotopic (exact) mass is 391 g/mol. The molecule has 3 nitrogen and oxygen atoms in total. The van der Waals surface area contributed by atoms with Crippen molar-refractivity contribution in [1.82, 2.24) is 5.32 Å². The standard InChI is InChI=1S/C15H19FINO2/c1-15(2,10-5-7-18-8-6-10)20-14(19)12-9-11(17)3-4-13(12)16/h3-4,9-10,18H,5-8H2,1-2H3. The first-order chi connectivity index (χ1) is 9.40. The highest BCUT2D eigenvalue weighted by molar-refractivity contribution is 14.1. The van der Waals surface area contributed by atoms with Gasteiger partial charge in [-0.25, -0.2) is 9.18 Å². The number of carbonyl (C=O) groups is 1. The van der Waals surface area contributed by atoms with Crippen LogP contribution < -0.4 is 5.32 Å². The van der Waals surface area contributed by atoms with Crippen LogP contribution in [0.25, 0.3) is 0 Å². The number of benzene rings is 1. The van der Waals surface area contributed by atoms with Gasteiger partial charge in [-0.05, 0) is 80.6 Å². The van der Waals surface area contributed by atoms with Crippen LogP contribution in [0.3, 0.4) is 0 Å². The summed E-state index contributed by atoms with van der Waals surface area (Å²) in [6, 6.07) is 4.46. The maximum absolute atomic E-state index is 13.7. The van der Waals surface area contributed by atoms with Crippen LogP contribution in [0.5, 0.6) is 0 Å². The van der Waals surface area contributed by atoms with Crippen LogP contribution in [0.1, 0.15) is 37.0 Å². The fraction of sp³-hybridized carbons (Fsp3) is 0.533. The lowest BCUT2D eigenvalue weighted by Crippen LogP contribution is -2.42. The number of nitrogens with one attached hydrogen (secondary N) is 1. The smallest absolute Gasteiger partial charge is 0.341 e. The van der Waals surface area contributed by atoms with E-state index in [1.54, 1.807) is 6.07 Å². The average molecular weight is 391 g/mol. The Balaban J connectivity index is 2.11. The van der Waals surface area contributed by atoms with Gasteiger partial charge in [0.05, 0.1) is 5.56 Å². The van der Waals surface area contributed by atoms with Crippen molar-refractivity contribution in [3.05, 3.63) is 33.1 Å². The molecule has 110 valence electrons. The Morgan fingerprint density at radius 3 is 2.70 bits per heavy atom. The second-order valence-electron chi connectivity index (χ2n) is 5.64. The first-order valence-electron chi connectivity index (χ1n) is 6.79. The third-order valence-electron chi connectivity index (χ3n) is 3.83. The van der Waals surface area contributed by atoms with Gasteiger partial charge < -0.3 is 10.1 Å². The SMILES string of the molecule is CC(C)(OC(=O)c1cc(I)ccc1F)C1CCNCC1. The van der Waals surface area contributed by atoms with Crippen LogP contribution >= 0.6 is 22.6 Å². The first-order valence-corrected chi connectivity index (χ1v) is 7.87. The molecule has 0 bridgehead atoms. The van der Waals surface area contributed by atoms with E-state index in [2.05, 4.69) is 27.9 Å². The third kappa shape index (κ3) is 3.69. The largest absolute Gasteiger partial charge is 0.456 e. The maximum Gasteiger partial charge on any atom is 0.341 e. The second kappa shape index (κ2) is 6.39. The van der Waals surface area contributed by atoms with Crippen molar-refractivity contribution < 1.29 is 13.9 Å². The Kier molecular flexibility index (Phi) is 5.01. The number of carbonyl (C=O) groups excluding carboxylic acids is 1. The molecule has 0 saturated carbocycles. The summed E-state index contributed by atoms with van der Waals surface area (Å²) in [5.74, 6) is -0.806. The van der Waals surface area contributed by atoms with E-state index in [4.69, 9.17) is 4.74 Å². The maximum atomic E-state index is 13.7. The summed E-state index contributed by atoms with van der Waals surface area (Å²) in [5.41, 5.74) is -0.564. The molecular weight excluding hydrogens is 372 g/mol. The topological polar surface area (TPSA) is 38.3 Å². The molecule has 0 amide bonds. The lowest BCUT2D eigenvalue weighted by Gasteiger charge is -2.36. The number of esters is 1. The van der Waals surface area contributed by atoms with Gasteiger partial charge in [0.1, 0.15) is 11.4 Å². The summed E-state index contributed by atoms with van der Waals surface area (Å²) >= 11 is 2.05. The van der Waals surface area contributed by atoms with Crippen molar-refractivity contribution in [3.8, 4) is 0 Å². The summed E-state index contributed by atoms with van der Waals surface area (Å²) in [6.45, 7) is 5.69. The van der Waals surface area contributed by atoms with Crippen molar-refractivity contribution in [2.75, 3.05) is 13.1 Å². The molecule has 0 aromatic heterocycles. The Morgan fingerprint density at radius 2 is 2.05 bits per heavy atom. The molecule has 0 atom stereocenters. The minimum atomic E-state index is -0.579. The molecule has 20 heavy (non-hydrogen) atoms. The molecule has 2 rings (SSSR count). The third-order valence-corrected chi connectivity index (χ3v) is 4.50. The lowest BCUT2D eigenvalue weighted by molar-refractivity contribution is -0.0371. The number of rotatable bonds is 3. The van der Waals surface area contributed by atoms with E-state index in [0.717, 1.165) is 29.5 Å².